The lowest BCUT2D eigenvalue weighted by molar-refractivity contribution is -0.276. The topological polar surface area (TPSA) is 9.23 Å². The van der Waals surface area contributed by atoms with E-state index in [2.05, 4.69) is 18.6 Å². The van der Waals surface area contributed by atoms with Crippen molar-refractivity contribution in [2.24, 2.45) is 23.7 Å². The first kappa shape index (κ1) is 26.9. The standard InChI is InChI=1S/C30H37F5O/c1-3-20-4-8-22(9-5-20)19(2)16-21-6-10-23(11-7-21)24-12-14-25(15-13-24)26-17-27(31)29(28(32)18-26)36-30(33,34)35/h12-15,17-23H,3-11,16H2,1-2H3. The molecule has 6 heteroatoms. The fourth-order valence-electron chi connectivity index (χ4n) is 6.50. The van der Waals surface area contributed by atoms with Crippen molar-refractivity contribution in [2.75, 3.05) is 0 Å². The summed E-state index contributed by atoms with van der Waals surface area (Å²) < 4.78 is 68.9. The van der Waals surface area contributed by atoms with Crippen molar-refractivity contribution in [1.29, 1.82) is 0 Å². The summed E-state index contributed by atoms with van der Waals surface area (Å²) in [5.41, 5.74) is 1.94. The maximum atomic E-state index is 14.1. The van der Waals surface area contributed by atoms with E-state index in [1.54, 1.807) is 12.1 Å². The Morgan fingerprint density at radius 1 is 0.806 bits per heavy atom. The second kappa shape index (κ2) is 11.5. The first-order valence-electron chi connectivity index (χ1n) is 13.5. The Bertz CT molecular complexity index is 960. The number of hydrogen-bond donors (Lipinski definition) is 0. The second-order valence-corrected chi connectivity index (χ2v) is 11.1. The van der Waals surface area contributed by atoms with E-state index >= 15 is 0 Å². The third-order valence-corrected chi connectivity index (χ3v) is 8.76. The summed E-state index contributed by atoms with van der Waals surface area (Å²) in [7, 11) is 0. The highest BCUT2D eigenvalue weighted by Crippen LogP contribution is 2.42. The molecule has 2 saturated carbocycles. The van der Waals surface area contributed by atoms with Crippen LogP contribution < -0.4 is 4.74 Å². The lowest BCUT2D eigenvalue weighted by Crippen LogP contribution is -2.23. The molecule has 0 aliphatic heterocycles. The Morgan fingerprint density at radius 2 is 1.36 bits per heavy atom. The summed E-state index contributed by atoms with van der Waals surface area (Å²) in [6, 6.07) is 9.28. The molecule has 0 saturated heterocycles. The van der Waals surface area contributed by atoms with Gasteiger partial charge in [0.25, 0.3) is 0 Å². The van der Waals surface area contributed by atoms with Crippen molar-refractivity contribution < 1.29 is 26.7 Å². The van der Waals surface area contributed by atoms with Gasteiger partial charge in [0.2, 0.25) is 5.75 Å². The zero-order chi connectivity index (χ0) is 25.9. The predicted octanol–water partition coefficient (Wildman–Crippen LogP) is 10.0. The summed E-state index contributed by atoms with van der Waals surface area (Å²) >= 11 is 0. The maximum absolute atomic E-state index is 14.1. The Labute approximate surface area is 211 Å². The van der Waals surface area contributed by atoms with Crippen LogP contribution in [0.5, 0.6) is 5.75 Å². The van der Waals surface area contributed by atoms with Crippen LogP contribution >= 0.6 is 0 Å². The Hall–Kier alpha value is -2.11. The minimum atomic E-state index is -5.16. The van der Waals surface area contributed by atoms with Gasteiger partial charge in [0, 0.05) is 0 Å². The van der Waals surface area contributed by atoms with Gasteiger partial charge in [-0.05, 0) is 103 Å². The van der Waals surface area contributed by atoms with Crippen LogP contribution in [-0.4, -0.2) is 6.36 Å². The number of ether oxygens (including phenoxy) is 1. The minimum absolute atomic E-state index is 0.178. The molecule has 0 N–H and O–H groups in total. The molecule has 0 aromatic heterocycles. The number of alkyl halides is 3. The molecule has 36 heavy (non-hydrogen) atoms. The molecule has 0 radical (unpaired) electrons. The van der Waals surface area contributed by atoms with E-state index in [9.17, 15) is 22.0 Å². The van der Waals surface area contributed by atoms with Crippen LogP contribution in [-0.2, 0) is 0 Å². The average molecular weight is 509 g/mol. The predicted molar refractivity (Wildman–Crippen MR) is 133 cm³/mol. The minimum Gasteiger partial charge on any atom is -0.399 e. The molecular weight excluding hydrogens is 471 g/mol. The molecule has 2 aromatic carbocycles. The highest BCUT2D eigenvalue weighted by Gasteiger charge is 2.34. The van der Waals surface area contributed by atoms with Gasteiger partial charge >= 0.3 is 6.36 Å². The zero-order valence-corrected chi connectivity index (χ0v) is 21.2. The molecule has 1 atom stereocenters. The lowest BCUT2D eigenvalue weighted by atomic mass is 9.70. The van der Waals surface area contributed by atoms with Gasteiger partial charge in [0.15, 0.2) is 11.6 Å². The molecule has 0 bridgehead atoms. The molecule has 0 spiro atoms. The zero-order valence-electron chi connectivity index (χ0n) is 21.2. The Morgan fingerprint density at radius 3 is 1.89 bits per heavy atom. The molecule has 1 nitrogen and oxygen atoms in total. The quantitative estimate of drug-likeness (QED) is 0.338. The number of halogens is 5. The Balaban J connectivity index is 1.31. The molecule has 0 heterocycles. The van der Waals surface area contributed by atoms with Crippen LogP contribution in [0.15, 0.2) is 36.4 Å². The normalized spacial score (nSPS) is 26.0. The smallest absolute Gasteiger partial charge is 0.399 e. The van der Waals surface area contributed by atoms with E-state index in [0.29, 0.717) is 11.5 Å². The van der Waals surface area contributed by atoms with Crippen LogP contribution in [0.3, 0.4) is 0 Å². The van der Waals surface area contributed by atoms with Crippen molar-refractivity contribution in [3.8, 4) is 16.9 Å². The van der Waals surface area contributed by atoms with Crippen molar-refractivity contribution >= 4 is 0 Å². The van der Waals surface area contributed by atoms with Gasteiger partial charge in [-0.1, -0.05) is 57.4 Å². The van der Waals surface area contributed by atoms with Crippen molar-refractivity contribution in [3.63, 3.8) is 0 Å². The third-order valence-electron chi connectivity index (χ3n) is 8.76. The lowest BCUT2D eigenvalue weighted by Gasteiger charge is -2.35. The molecule has 2 aromatic rings. The van der Waals surface area contributed by atoms with Gasteiger partial charge in [0.05, 0.1) is 0 Å². The van der Waals surface area contributed by atoms with Crippen LogP contribution in [0.25, 0.3) is 11.1 Å². The first-order chi connectivity index (χ1) is 17.1. The molecule has 2 fully saturated rings. The fraction of sp³-hybridized carbons (Fsp3) is 0.600. The second-order valence-electron chi connectivity index (χ2n) is 11.1. The van der Waals surface area contributed by atoms with E-state index in [-0.39, 0.29) is 5.56 Å². The van der Waals surface area contributed by atoms with Crippen molar-refractivity contribution in [3.05, 3.63) is 53.6 Å². The summed E-state index contributed by atoms with van der Waals surface area (Å²) in [6.45, 7) is 4.77. The summed E-state index contributed by atoms with van der Waals surface area (Å²) in [6.07, 6.45) is 7.85. The van der Waals surface area contributed by atoms with E-state index in [0.717, 1.165) is 48.6 Å². The highest BCUT2D eigenvalue weighted by atomic mass is 19.4. The van der Waals surface area contributed by atoms with Gasteiger partial charge in [-0.15, -0.1) is 13.2 Å². The van der Waals surface area contributed by atoms with Crippen LogP contribution in [0, 0.1) is 35.3 Å². The summed E-state index contributed by atoms with van der Waals surface area (Å²) in [5, 5.41) is 0. The molecule has 2 aliphatic carbocycles. The van der Waals surface area contributed by atoms with Gasteiger partial charge in [-0.2, -0.15) is 0 Å². The fourth-order valence-corrected chi connectivity index (χ4v) is 6.50. The van der Waals surface area contributed by atoms with Crippen LogP contribution in [0.1, 0.15) is 89.5 Å². The van der Waals surface area contributed by atoms with Gasteiger partial charge in [-0.3, -0.25) is 0 Å². The Kier molecular flexibility index (Phi) is 8.62. The third kappa shape index (κ3) is 6.80. The molecule has 4 rings (SSSR count). The molecule has 198 valence electrons. The van der Waals surface area contributed by atoms with E-state index in [1.165, 1.54) is 56.9 Å². The molecule has 2 aliphatic rings. The molecular formula is C30H37F5O. The number of hydrogen-bond acceptors (Lipinski definition) is 1. The van der Waals surface area contributed by atoms with E-state index in [1.807, 2.05) is 12.1 Å². The van der Waals surface area contributed by atoms with E-state index < -0.39 is 23.7 Å². The SMILES string of the molecule is CCC1CCC(C(C)CC2CCC(c3ccc(-c4cc(F)c(OC(F)(F)F)c(F)c4)cc3)CC2)CC1. The summed E-state index contributed by atoms with van der Waals surface area (Å²) in [5.74, 6) is -0.281. The summed E-state index contributed by atoms with van der Waals surface area (Å²) in [4.78, 5) is 0. The number of rotatable bonds is 7. The van der Waals surface area contributed by atoms with Crippen molar-refractivity contribution in [1.82, 2.24) is 0 Å². The first-order valence-corrected chi connectivity index (χ1v) is 13.5. The van der Waals surface area contributed by atoms with Crippen LogP contribution in [0.2, 0.25) is 0 Å². The van der Waals surface area contributed by atoms with Gasteiger partial charge < -0.3 is 4.74 Å². The van der Waals surface area contributed by atoms with Gasteiger partial charge in [0.1, 0.15) is 0 Å². The van der Waals surface area contributed by atoms with E-state index in [4.69, 9.17) is 0 Å². The van der Waals surface area contributed by atoms with Crippen LogP contribution in [0.4, 0.5) is 22.0 Å². The maximum Gasteiger partial charge on any atom is 0.573 e. The molecule has 1 unspecified atom stereocenters. The van der Waals surface area contributed by atoms with Crippen molar-refractivity contribution in [2.45, 2.75) is 90.3 Å². The highest BCUT2D eigenvalue weighted by molar-refractivity contribution is 5.65. The molecule has 0 amide bonds. The monoisotopic (exact) mass is 508 g/mol. The van der Waals surface area contributed by atoms with Gasteiger partial charge in [-0.25, -0.2) is 8.78 Å². The number of benzene rings is 2. The largest absolute Gasteiger partial charge is 0.573 e. The average Bonchev–Trinajstić information content (AvgIpc) is 2.86.